The number of aromatic nitrogens is 1. The predicted octanol–water partition coefficient (Wildman–Crippen LogP) is 0.826. The van der Waals surface area contributed by atoms with Crippen molar-refractivity contribution in [2.75, 3.05) is 33.4 Å². The van der Waals surface area contributed by atoms with E-state index in [9.17, 15) is 9.59 Å². The maximum atomic E-state index is 12.8. The Kier molecular flexibility index (Phi) is 4.49. The highest BCUT2D eigenvalue weighted by Gasteiger charge is 2.47. The van der Waals surface area contributed by atoms with Crippen LogP contribution in [-0.4, -0.2) is 71.5 Å². The molecule has 1 fully saturated rings. The summed E-state index contributed by atoms with van der Waals surface area (Å²) in [6.07, 6.45) is 4.67. The fourth-order valence-corrected chi connectivity index (χ4v) is 3.56. The molecule has 0 aliphatic carbocycles. The van der Waals surface area contributed by atoms with E-state index in [2.05, 4.69) is 15.3 Å². The van der Waals surface area contributed by atoms with Gasteiger partial charge in [-0.2, -0.15) is 0 Å². The summed E-state index contributed by atoms with van der Waals surface area (Å²) in [5, 5.41) is 3.56. The lowest BCUT2D eigenvalue weighted by atomic mass is 9.88. The molecular formula is C16H21N5O2S. The largest absolute Gasteiger partial charge is 0.349 e. The molecule has 1 N–H and O–H groups in total. The van der Waals surface area contributed by atoms with Gasteiger partial charge in [-0.25, -0.2) is 9.98 Å². The SMILES string of the molecule is CSc1ncccc1C(=O)N1CCC2(CC1)N=C(N(C)C)NC2=O. The van der Waals surface area contributed by atoms with Gasteiger partial charge in [0.15, 0.2) is 0 Å². The van der Waals surface area contributed by atoms with E-state index in [-0.39, 0.29) is 11.8 Å². The van der Waals surface area contributed by atoms with Gasteiger partial charge >= 0.3 is 0 Å². The average Bonchev–Trinajstić information content (AvgIpc) is 2.91. The lowest BCUT2D eigenvalue weighted by Crippen LogP contribution is -2.50. The van der Waals surface area contributed by atoms with Crippen LogP contribution in [0.25, 0.3) is 0 Å². The second kappa shape index (κ2) is 6.43. The van der Waals surface area contributed by atoms with E-state index in [1.807, 2.05) is 20.4 Å². The van der Waals surface area contributed by atoms with Crippen molar-refractivity contribution in [3.8, 4) is 0 Å². The highest BCUT2D eigenvalue weighted by Crippen LogP contribution is 2.31. The van der Waals surface area contributed by atoms with Crippen molar-refractivity contribution in [2.45, 2.75) is 23.4 Å². The van der Waals surface area contributed by atoms with Crippen molar-refractivity contribution in [1.82, 2.24) is 20.1 Å². The van der Waals surface area contributed by atoms with E-state index in [4.69, 9.17) is 0 Å². The number of nitrogens with zero attached hydrogens (tertiary/aromatic N) is 4. The van der Waals surface area contributed by atoms with Crippen molar-refractivity contribution in [1.29, 1.82) is 0 Å². The summed E-state index contributed by atoms with van der Waals surface area (Å²) in [6.45, 7) is 1.03. The van der Waals surface area contributed by atoms with Crippen LogP contribution < -0.4 is 5.32 Å². The van der Waals surface area contributed by atoms with Crippen molar-refractivity contribution < 1.29 is 9.59 Å². The minimum atomic E-state index is -0.729. The molecule has 1 saturated heterocycles. The van der Waals surface area contributed by atoms with Crippen LogP contribution in [0.3, 0.4) is 0 Å². The molecule has 1 aromatic rings. The molecule has 7 nitrogen and oxygen atoms in total. The summed E-state index contributed by atoms with van der Waals surface area (Å²) in [5.74, 6) is 0.499. The maximum absolute atomic E-state index is 12.8. The number of likely N-dealkylation sites (tertiary alicyclic amines) is 1. The molecule has 0 aromatic carbocycles. The topological polar surface area (TPSA) is 77.9 Å². The Morgan fingerprint density at radius 1 is 1.38 bits per heavy atom. The molecule has 3 rings (SSSR count). The zero-order valence-electron chi connectivity index (χ0n) is 14.1. The van der Waals surface area contributed by atoms with Gasteiger partial charge in [-0.05, 0) is 31.2 Å². The molecule has 128 valence electrons. The van der Waals surface area contributed by atoms with Crippen LogP contribution in [0.15, 0.2) is 28.3 Å². The van der Waals surface area contributed by atoms with E-state index < -0.39 is 5.54 Å². The Hall–Kier alpha value is -2.09. The lowest BCUT2D eigenvalue weighted by molar-refractivity contribution is -0.125. The Balaban J connectivity index is 1.74. The predicted molar refractivity (Wildman–Crippen MR) is 93.2 cm³/mol. The van der Waals surface area contributed by atoms with Gasteiger partial charge in [0, 0.05) is 33.4 Å². The first-order chi connectivity index (χ1) is 11.5. The fraction of sp³-hybridized carbons (Fsp3) is 0.500. The Morgan fingerprint density at radius 2 is 2.08 bits per heavy atom. The summed E-state index contributed by atoms with van der Waals surface area (Å²) >= 11 is 1.46. The zero-order chi connectivity index (χ0) is 17.3. The van der Waals surface area contributed by atoms with Crippen molar-refractivity contribution in [3.05, 3.63) is 23.9 Å². The smallest absolute Gasteiger partial charge is 0.256 e. The zero-order valence-corrected chi connectivity index (χ0v) is 14.9. The van der Waals surface area contributed by atoms with E-state index in [1.165, 1.54) is 11.8 Å². The number of thioether (sulfide) groups is 1. The van der Waals surface area contributed by atoms with Gasteiger partial charge in [0.1, 0.15) is 10.6 Å². The third-order valence-electron chi connectivity index (χ3n) is 4.46. The molecule has 24 heavy (non-hydrogen) atoms. The van der Waals surface area contributed by atoms with Crippen molar-refractivity contribution in [3.63, 3.8) is 0 Å². The summed E-state index contributed by atoms with van der Waals surface area (Å²) < 4.78 is 0. The molecule has 2 amide bonds. The number of piperidine rings is 1. The second-order valence-corrected chi connectivity index (χ2v) is 6.96. The normalized spacial score (nSPS) is 19.2. The first-order valence-corrected chi connectivity index (χ1v) is 9.06. The van der Waals surface area contributed by atoms with Crippen LogP contribution in [0, 0.1) is 0 Å². The first kappa shape index (κ1) is 16.8. The van der Waals surface area contributed by atoms with Gasteiger partial charge in [-0.3, -0.25) is 14.9 Å². The van der Waals surface area contributed by atoms with E-state index in [0.717, 1.165) is 5.03 Å². The number of carbonyl (C=O) groups excluding carboxylic acids is 2. The van der Waals surface area contributed by atoms with Crippen molar-refractivity contribution in [2.24, 2.45) is 4.99 Å². The molecule has 0 saturated carbocycles. The first-order valence-electron chi connectivity index (χ1n) is 7.84. The van der Waals surface area contributed by atoms with E-state index in [1.54, 1.807) is 28.1 Å². The van der Waals surface area contributed by atoms with E-state index in [0.29, 0.717) is 37.5 Å². The maximum Gasteiger partial charge on any atom is 0.256 e. The molecule has 0 bridgehead atoms. The molecular weight excluding hydrogens is 326 g/mol. The quantitative estimate of drug-likeness (QED) is 0.802. The molecule has 0 radical (unpaired) electrons. The number of hydrogen-bond acceptors (Lipinski definition) is 6. The Morgan fingerprint density at radius 3 is 2.67 bits per heavy atom. The molecule has 3 heterocycles. The third-order valence-corrected chi connectivity index (χ3v) is 5.18. The summed E-state index contributed by atoms with van der Waals surface area (Å²) in [7, 11) is 3.70. The number of pyridine rings is 1. The number of aliphatic imine (C=N–C) groups is 1. The summed E-state index contributed by atoms with van der Waals surface area (Å²) in [6, 6.07) is 3.58. The standard InChI is InChI=1S/C16H21N5O2S/c1-20(2)15-18-14(23)16(19-15)6-9-21(10-7-16)13(22)11-5-4-8-17-12(11)24-3/h4-5,8H,6-7,9-10H2,1-3H3,(H,18,19,23). The monoisotopic (exact) mass is 347 g/mol. The number of hydrogen-bond donors (Lipinski definition) is 1. The molecule has 1 spiro atoms. The molecule has 8 heteroatoms. The van der Waals surface area contributed by atoms with Gasteiger partial charge in [-0.15, -0.1) is 11.8 Å². The molecule has 2 aliphatic heterocycles. The van der Waals surface area contributed by atoms with Crippen LogP contribution in [0.2, 0.25) is 0 Å². The van der Waals surface area contributed by atoms with Crippen LogP contribution in [0.1, 0.15) is 23.2 Å². The van der Waals surface area contributed by atoms with E-state index >= 15 is 0 Å². The van der Waals surface area contributed by atoms with Crippen LogP contribution >= 0.6 is 11.8 Å². The molecule has 1 aromatic heterocycles. The van der Waals surface area contributed by atoms with Crippen LogP contribution in [0.4, 0.5) is 0 Å². The number of rotatable bonds is 2. The van der Waals surface area contributed by atoms with Gasteiger partial charge in [-0.1, -0.05) is 0 Å². The fourth-order valence-electron chi connectivity index (χ4n) is 3.02. The number of nitrogens with one attached hydrogen (secondary N) is 1. The molecule has 0 atom stereocenters. The second-order valence-electron chi connectivity index (χ2n) is 6.17. The third kappa shape index (κ3) is 2.86. The van der Waals surface area contributed by atoms with Gasteiger partial charge in [0.2, 0.25) is 5.96 Å². The van der Waals surface area contributed by atoms with Gasteiger partial charge in [0.05, 0.1) is 5.56 Å². The van der Waals surface area contributed by atoms with Gasteiger partial charge < -0.3 is 9.80 Å². The number of guanidine groups is 1. The summed E-state index contributed by atoms with van der Waals surface area (Å²) in [5.41, 5.74) is -0.109. The van der Waals surface area contributed by atoms with Crippen LogP contribution in [-0.2, 0) is 4.79 Å². The average molecular weight is 347 g/mol. The number of carbonyl (C=O) groups is 2. The number of amides is 2. The highest BCUT2D eigenvalue weighted by molar-refractivity contribution is 7.98. The molecule has 0 unspecified atom stereocenters. The van der Waals surface area contributed by atoms with Crippen molar-refractivity contribution >= 4 is 29.5 Å². The van der Waals surface area contributed by atoms with Gasteiger partial charge in [0.25, 0.3) is 11.8 Å². The minimum absolute atomic E-state index is 0.0301. The minimum Gasteiger partial charge on any atom is -0.349 e. The Labute approximate surface area is 145 Å². The lowest BCUT2D eigenvalue weighted by Gasteiger charge is -2.35. The van der Waals surface area contributed by atoms with Crippen LogP contribution in [0.5, 0.6) is 0 Å². The summed E-state index contributed by atoms with van der Waals surface area (Å²) in [4.78, 5) is 37.5. The highest BCUT2D eigenvalue weighted by atomic mass is 32.2. The Bertz CT molecular complexity index is 695. The molecule has 2 aliphatic rings.